The molecule has 0 bridgehead atoms. The van der Waals surface area contributed by atoms with E-state index in [1.54, 1.807) is 11.3 Å². The lowest BCUT2D eigenvalue weighted by Gasteiger charge is -2.31. The Bertz CT molecular complexity index is 688. The first-order chi connectivity index (χ1) is 13.8. The van der Waals surface area contributed by atoms with Crippen LogP contribution in [0.4, 0.5) is 0 Å². The third-order valence-electron chi connectivity index (χ3n) is 4.98. The molecule has 3 rings (SSSR count). The predicted molar refractivity (Wildman–Crippen MR) is 133 cm³/mol. The summed E-state index contributed by atoms with van der Waals surface area (Å²) in [7, 11) is 0. The van der Waals surface area contributed by atoms with Crippen molar-refractivity contribution in [2.75, 3.05) is 32.8 Å². The van der Waals surface area contributed by atoms with Gasteiger partial charge in [-0.05, 0) is 42.7 Å². The van der Waals surface area contributed by atoms with Crippen molar-refractivity contribution in [2.24, 2.45) is 10.7 Å². The van der Waals surface area contributed by atoms with Gasteiger partial charge in [-0.2, -0.15) is 0 Å². The standard InChI is InChI=1S/C22H32N4OS.HI/c23-22(25-13-9-21-8-4-17-28-21)24-12-5-16-27-20-10-14-26(15-11-20)18-19-6-2-1-3-7-19;/h1-4,6-8,17,20H,5,9-16,18H2,(H3,23,24,25);1H. The third kappa shape index (κ3) is 9.46. The molecule has 0 atom stereocenters. The minimum absolute atomic E-state index is 0. The molecule has 1 aromatic heterocycles. The van der Waals surface area contributed by atoms with Crippen molar-refractivity contribution in [3.63, 3.8) is 0 Å². The van der Waals surface area contributed by atoms with E-state index < -0.39 is 0 Å². The van der Waals surface area contributed by atoms with Gasteiger partial charge in [-0.3, -0.25) is 9.89 Å². The second-order valence-corrected chi connectivity index (χ2v) is 8.24. The van der Waals surface area contributed by atoms with Gasteiger partial charge in [-0.1, -0.05) is 36.4 Å². The van der Waals surface area contributed by atoms with Gasteiger partial charge in [0.25, 0.3) is 0 Å². The Morgan fingerprint density at radius 3 is 2.69 bits per heavy atom. The van der Waals surface area contributed by atoms with E-state index >= 15 is 0 Å². The number of benzene rings is 1. The number of thiophene rings is 1. The highest BCUT2D eigenvalue weighted by atomic mass is 127. The average Bonchev–Trinajstić information content (AvgIpc) is 3.23. The Morgan fingerprint density at radius 1 is 1.17 bits per heavy atom. The molecule has 2 aromatic rings. The molecule has 3 N–H and O–H groups in total. The van der Waals surface area contributed by atoms with E-state index in [-0.39, 0.29) is 24.0 Å². The van der Waals surface area contributed by atoms with Crippen LogP contribution in [-0.2, 0) is 17.7 Å². The molecule has 0 spiro atoms. The fraction of sp³-hybridized carbons (Fsp3) is 0.500. The lowest BCUT2D eigenvalue weighted by molar-refractivity contribution is 0.00566. The van der Waals surface area contributed by atoms with Gasteiger partial charge in [-0.15, -0.1) is 35.3 Å². The topological polar surface area (TPSA) is 62.9 Å². The molecule has 160 valence electrons. The largest absolute Gasteiger partial charge is 0.378 e. The van der Waals surface area contributed by atoms with Crippen LogP contribution in [0.3, 0.4) is 0 Å². The molecule has 1 fully saturated rings. The van der Waals surface area contributed by atoms with Gasteiger partial charge in [0.2, 0.25) is 0 Å². The Balaban J connectivity index is 0.00000300. The number of rotatable bonds is 10. The van der Waals surface area contributed by atoms with Crippen molar-refractivity contribution in [1.29, 1.82) is 0 Å². The molecule has 1 aliphatic rings. The summed E-state index contributed by atoms with van der Waals surface area (Å²) >= 11 is 1.77. The Hall–Kier alpha value is -1.16. The highest BCUT2D eigenvalue weighted by Crippen LogP contribution is 2.16. The predicted octanol–water partition coefficient (Wildman–Crippen LogP) is 3.88. The van der Waals surface area contributed by atoms with E-state index in [0.717, 1.165) is 58.5 Å². The number of guanidine groups is 1. The molecule has 0 amide bonds. The van der Waals surface area contributed by atoms with E-state index in [1.165, 1.54) is 10.4 Å². The number of ether oxygens (including phenoxy) is 1. The molecule has 1 aliphatic heterocycles. The van der Waals surface area contributed by atoms with E-state index in [2.05, 4.69) is 63.1 Å². The SMILES string of the molecule is I.NC(=NCCCOC1CCN(Cc2ccccc2)CC1)NCCc1cccs1. The molecule has 0 radical (unpaired) electrons. The molecular weight excluding hydrogens is 495 g/mol. The van der Waals surface area contributed by atoms with E-state index in [9.17, 15) is 0 Å². The summed E-state index contributed by atoms with van der Waals surface area (Å²) < 4.78 is 6.04. The van der Waals surface area contributed by atoms with Crippen LogP contribution in [-0.4, -0.2) is 49.7 Å². The highest BCUT2D eigenvalue weighted by molar-refractivity contribution is 14.0. The summed E-state index contributed by atoms with van der Waals surface area (Å²) in [5, 5.41) is 5.27. The second-order valence-electron chi connectivity index (χ2n) is 7.21. The summed E-state index contributed by atoms with van der Waals surface area (Å²) in [5.41, 5.74) is 7.30. The number of nitrogens with one attached hydrogen (secondary N) is 1. The fourth-order valence-corrected chi connectivity index (χ4v) is 4.12. The van der Waals surface area contributed by atoms with Crippen molar-refractivity contribution >= 4 is 41.3 Å². The van der Waals surface area contributed by atoms with Gasteiger partial charge in [0.05, 0.1) is 6.10 Å². The summed E-state index contributed by atoms with van der Waals surface area (Å²) in [6, 6.07) is 14.9. The summed E-state index contributed by atoms with van der Waals surface area (Å²) in [5.74, 6) is 0.533. The molecule has 0 unspecified atom stereocenters. The van der Waals surface area contributed by atoms with Gasteiger partial charge < -0.3 is 15.8 Å². The first kappa shape index (κ1) is 24.1. The first-order valence-electron chi connectivity index (χ1n) is 10.2. The van der Waals surface area contributed by atoms with Gasteiger partial charge in [0, 0.05) is 44.2 Å². The van der Waals surface area contributed by atoms with Crippen LogP contribution in [0.25, 0.3) is 0 Å². The van der Waals surface area contributed by atoms with Crippen molar-refractivity contribution < 1.29 is 4.74 Å². The molecule has 7 heteroatoms. The van der Waals surface area contributed by atoms with E-state index in [0.29, 0.717) is 18.6 Å². The first-order valence-corrected chi connectivity index (χ1v) is 11.1. The van der Waals surface area contributed by atoms with Crippen molar-refractivity contribution in [2.45, 2.75) is 38.3 Å². The van der Waals surface area contributed by atoms with Crippen molar-refractivity contribution in [1.82, 2.24) is 10.2 Å². The lowest BCUT2D eigenvalue weighted by Crippen LogP contribution is -2.36. The highest BCUT2D eigenvalue weighted by Gasteiger charge is 2.19. The van der Waals surface area contributed by atoms with Crippen LogP contribution in [0.5, 0.6) is 0 Å². The maximum absolute atomic E-state index is 6.04. The zero-order valence-electron chi connectivity index (χ0n) is 17.0. The number of hydrogen-bond donors (Lipinski definition) is 2. The molecular formula is C22H33IN4OS. The molecule has 29 heavy (non-hydrogen) atoms. The lowest BCUT2D eigenvalue weighted by atomic mass is 10.1. The van der Waals surface area contributed by atoms with Crippen LogP contribution >= 0.6 is 35.3 Å². The zero-order chi connectivity index (χ0) is 19.4. The Labute approximate surface area is 195 Å². The van der Waals surface area contributed by atoms with Crippen molar-refractivity contribution in [3.8, 4) is 0 Å². The van der Waals surface area contributed by atoms with Crippen LogP contribution in [0.15, 0.2) is 52.8 Å². The van der Waals surface area contributed by atoms with Crippen LogP contribution < -0.4 is 11.1 Å². The van der Waals surface area contributed by atoms with Crippen LogP contribution in [0, 0.1) is 0 Å². The third-order valence-corrected chi connectivity index (χ3v) is 5.92. The van der Waals surface area contributed by atoms with Gasteiger partial charge in [0.1, 0.15) is 0 Å². The molecule has 1 aromatic carbocycles. The number of piperidine rings is 1. The Morgan fingerprint density at radius 2 is 1.97 bits per heavy atom. The minimum Gasteiger partial charge on any atom is -0.378 e. The smallest absolute Gasteiger partial charge is 0.188 e. The summed E-state index contributed by atoms with van der Waals surface area (Å²) in [6.07, 6.45) is 4.51. The number of nitrogens with two attached hydrogens (primary N) is 1. The average molecular weight is 529 g/mol. The Kier molecular flexibility index (Phi) is 11.6. The van der Waals surface area contributed by atoms with E-state index in [1.807, 2.05) is 0 Å². The number of halogens is 1. The monoisotopic (exact) mass is 528 g/mol. The maximum Gasteiger partial charge on any atom is 0.188 e. The van der Waals surface area contributed by atoms with Crippen molar-refractivity contribution in [3.05, 3.63) is 58.3 Å². The fourth-order valence-electron chi connectivity index (χ4n) is 3.41. The molecule has 0 saturated carbocycles. The second kappa shape index (κ2) is 14.0. The van der Waals surface area contributed by atoms with Gasteiger partial charge >= 0.3 is 0 Å². The normalized spacial score (nSPS) is 15.8. The minimum atomic E-state index is 0. The number of likely N-dealkylation sites (tertiary alicyclic amines) is 1. The molecule has 2 heterocycles. The zero-order valence-corrected chi connectivity index (χ0v) is 20.1. The maximum atomic E-state index is 6.04. The number of nitrogens with zero attached hydrogens (tertiary/aromatic N) is 2. The molecule has 0 aliphatic carbocycles. The van der Waals surface area contributed by atoms with Crippen LogP contribution in [0.2, 0.25) is 0 Å². The van der Waals surface area contributed by atoms with Gasteiger partial charge in [0.15, 0.2) is 5.96 Å². The van der Waals surface area contributed by atoms with Gasteiger partial charge in [-0.25, -0.2) is 0 Å². The summed E-state index contributed by atoms with van der Waals surface area (Å²) in [6.45, 7) is 5.56. The number of hydrogen-bond acceptors (Lipinski definition) is 4. The quantitative estimate of drug-likeness (QED) is 0.213. The summed E-state index contributed by atoms with van der Waals surface area (Å²) in [4.78, 5) is 8.26. The van der Waals surface area contributed by atoms with E-state index in [4.69, 9.17) is 10.5 Å². The number of aliphatic imine (C=N–C) groups is 1. The molecule has 1 saturated heterocycles. The molecule has 5 nitrogen and oxygen atoms in total. The van der Waals surface area contributed by atoms with Crippen LogP contribution in [0.1, 0.15) is 29.7 Å².